The Labute approximate surface area is 242 Å². The topological polar surface area (TPSA) is 156 Å². The van der Waals surface area contributed by atoms with Crippen molar-refractivity contribution in [2.75, 3.05) is 29.1 Å². The molecule has 5 rings (SSSR count). The van der Waals surface area contributed by atoms with E-state index in [0.717, 1.165) is 5.69 Å². The van der Waals surface area contributed by atoms with E-state index in [1.807, 2.05) is 25.5 Å². The molecule has 0 aliphatic rings. The fraction of sp³-hybridized carbons (Fsp3) is 0.185. The van der Waals surface area contributed by atoms with E-state index in [0.29, 0.717) is 33.3 Å². The summed E-state index contributed by atoms with van der Waals surface area (Å²) in [6.07, 6.45) is 4.65. The van der Waals surface area contributed by atoms with Crippen LogP contribution in [0.5, 0.6) is 5.88 Å². The second-order valence-electron chi connectivity index (χ2n) is 8.99. The number of nitrogens with zero attached hydrogens (tertiary/aromatic N) is 5. The molecule has 0 bridgehead atoms. The van der Waals surface area contributed by atoms with Crippen LogP contribution in [0.2, 0.25) is 0 Å². The molecule has 11 nitrogen and oxygen atoms in total. The maximum Gasteiger partial charge on any atom is 0.266 e. The van der Waals surface area contributed by atoms with Gasteiger partial charge < -0.3 is 20.5 Å². The predicted molar refractivity (Wildman–Crippen MR) is 162 cm³/mol. The number of ether oxygens (including phenoxy) is 1. The number of hydrogen-bond acceptors (Lipinski definition) is 12. The van der Waals surface area contributed by atoms with E-state index in [2.05, 4.69) is 25.0 Å². The van der Waals surface area contributed by atoms with E-state index in [4.69, 9.17) is 20.9 Å². The lowest BCUT2D eigenvalue weighted by Gasteiger charge is -2.20. The molecule has 5 aromatic rings. The molecule has 14 heteroatoms. The molecule has 1 atom stereocenters. The Morgan fingerprint density at radius 3 is 2.80 bits per heavy atom. The van der Waals surface area contributed by atoms with E-state index >= 15 is 0 Å². The second-order valence-corrected chi connectivity index (χ2v) is 10.4. The van der Waals surface area contributed by atoms with Crippen molar-refractivity contribution in [2.45, 2.75) is 19.9 Å². The summed E-state index contributed by atoms with van der Waals surface area (Å²) in [5.74, 6) is 0.252. The number of aryl methyl sites for hydroxylation is 1. The van der Waals surface area contributed by atoms with Crippen molar-refractivity contribution in [1.29, 1.82) is 5.41 Å². The van der Waals surface area contributed by atoms with Crippen LogP contribution in [0, 0.1) is 18.2 Å². The Bertz CT molecular complexity index is 1840. The van der Waals surface area contributed by atoms with Crippen LogP contribution in [-0.2, 0) is 0 Å². The minimum atomic E-state index is -0.600. The van der Waals surface area contributed by atoms with Gasteiger partial charge in [-0.3, -0.25) is 14.6 Å². The molecule has 4 aromatic heterocycles. The van der Waals surface area contributed by atoms with Crippen LogP contribution in [0.3, 0.4) is 0 Å². The van der Waals surface area contributed by atoms with Crippen LogP contribution in [0.1, 0.15) is 35.5 Å². The summed E-state index contributed by atoms with van der Waals surface area (Å²) >= 11 is 2.69. The Kier molecular flexibility index (Phi) is 7.85. The number of nitrogens with two attached hydrogens (primary N) is 1. The Morgan fingerprint density at radius 1 is 1.27 bits per heavy atom. The quantitative estimate of drug-likeness (QED) is 0.137. The number of hydrogen-bond donors (Lipinski definition) is 4. The largest absolute Gasteiger partial charge is 0.480 e. The Balaban J connectivity index is 1.60. The highest BCUT2D eigenvalue weighted by Crippen LogP contribution is 2.32. The van der Waals surface area contributed by atoms with Crippen LogP contribution in [0.15, 0.2) is 53.0 Å². The molecule has 0 aliphatic heterocycles. The predicted octanol–water partition coefficient (Wildman–Crippen LogP) is 4.93. The molecule has 0 spiro atoms. The number of pyridine rings is 1. The summed E-state index contributed by atoms with van der Waals surface area (Å²) in [4.78, 5) is 31.8. The van der Waals surface area contributed by atoms with Gasteiger partial charge in [-0.25, -0.2) is 24.3 Å². The maximum absolute atomic E-state index is 14.3. The number of anilines is 3. The Hall–Kier alpha value is -4.56. The Morgan fingerprint density at radius 2 is 2.07 bits per heavy atom. The van der Waals surface area contributed by atoms with Crippen molar-refractivity contribution in [1.82, 2.24) is 24.3 Å². The molecule has 0 unspecified atom stereocenters. The van der Waals surface area contributed by atoms with Crippen molar-refractivity contribution < 1.29 is 9.13 Å². The number of aromatic nitrogens is 5. The molecule has 0 radical (unpaired) electrons. The lowest BCUT2D eigenvalue weighted by molar-refractivity contribution is 0.400. The first-order chi connectivity index (χ1) is 19.7. The molecule has 0 fully saturated rings. The summed E-state index contributed by atoms with van der Waals surface area (Å²) in [5, 5.41) is 14.1. The zero-order chi connectivity index (χ0) is 29.3. The number of nitrogens with one attached hydrogen (secondary N) is 3. The van der Waals surface area contributed by atoms with Crippen LogP contribution >= 0.6 is 23.3 Å². The second kappa shape index (κ2) is 11.5. The van der Waals surface area contributed by atoms with Gasteiger partial charge in [0, 0.05) is 29.1 Å². The summed E-state index contributed by atoms with van der Waals surface area (Å²) < 4.78 is 24.2. The SMILES string of the molecule is COc1ncc(C(=N)c2c(N)ncnc2N[C@@H](C)c2nc3scc(C)n3c(=O)c2-c2cccc(F)c2)cc1NSC. The lowest BCUT2D eigenvalue weighted by Crippen LogP contribution is -2.23. The first-order valence-electron chi connectivity index (χ1n) is 12.3. The minimum Gasteiger partial charge on any atom is -0.480 e. The van der Waals surface area contributed by atoms with Crippen LogP contribution in [-0.4, -0.2) is 43.4 Å². The average molecular weight is 592 g/mol. The van der Waals surface area contributed by atoms with Crippen LogP contribution in [0.25, 0.3) is 16.1 Å². The molecule has 0 saturated heterocycles. The first-order valence-corrected chi connectivity index (χ1v) is 14.4. The number of thiazole rings is 1. The number of fused-ring (bicyclic) bond motifs is 1. The van der Waals surface area contributed by atoms with E-state index in [9.17, 15) is 9.18 Å². The number of halogens is 1. The van der Waals surface area contributed by atoms with Gasteiger partial charge in [-0.15, -0.1) is 11.3 Å². The summed E-state index contributed by atoms with van der Waals surface area (Å²) in [7, 11) is 1.51. The van der Waals surface area contributed by atoms with Gasteiger partial charge in [0.25, 0.3) is 5.56 Å². The van der Waals surface area contributed by atoms with Gasteiger partial charge in [-0.1, -0.05) is 24.1 Å². The van der Waals surface area contributed by atoms with Gasteiger partial charge in [0.1, 0.15) is 29.5 Å². The third-order valence-electron chi connectivity index (χ3n) is 6.32. The van der Waals surface area contributed by atoms with Crippen molar-refractivity contribution >= 4 is 51.3 Å². The average Bonchev–Trinajstić information content (AvgIpc) is 3.33. The lowest BCUT2D eigenvalue weighted by atomic mass is 10.0. The normalized spacial score (nSPS) is 11.8. The molecule has 4 heterocycles. The maximum atomic E-state index is 14.3. The van der Waals surface area contributed by atoms with Crippen LogP contribution < -0.4 is 26.1 Å². The first kappa shape index (κ1) is 28.0. The molecule has 210 valence electrons. The zero-order valence-corrected chi connectivity index (χ0v) is 24.2. The number of benzene rings is 1. The third kappa shape index (κ3) is 5.30. The minimum absolute atomic E-state index is 0.0276. The van der Waals surface area contributed by atoms with Gasteiger partial charge in [-0.2, -0.15) is 0 Å². The summed E-state index contributed by atoms with van der Waals surface area (Å²) in [5.41, 5.74) is 9.06. The van der Waals surface area contributed by atoms with E-state index in [1.165, 1.54) is 59.5 Å². The highest BCUT2D eigenvalue weighted by molar-refractivity contribution is 7.99. The van der Waals surface area contributed by atoms with E-state index < -0.39 is 11.9 Å². The van der Waals surface area contributed by atoms with Crippen molar-refractivity contribution in [3.63, 3.8) is 0 Å². The van der Waals surface area contributed by atoms with Gasteiger partial charge in [-0.05, 0) is 37.6 Å². The highest BCUT2D eigenvalue weighted by Gasteiger charge is 2.24. The molecule has 0 saturated carbocycles. The number of nitrogen functional groups attached to an aromatic ring is 1. The van der Waals surface area contributed by atoms with Gasteiger partial charge in [0.05, 0.1) is 35.7 Å². The fourth-order valence-corrected chi connectivity index (χ4v) is 5.67. The number of methoxy groups -OCH3 is 1. The molecule has 41 heavy (non-hydrogen) atoms. The van der Waals surface area contributed by atoms with Crippen molar-refractivity contribution in [2.24, 2.45) is 0 Å². The van der Waals surface area contributed by atoms with Gasteiger partial charge >= 0.3 is 0 Å². The highest BCUT2D eigenvalue weighted by atomic mass is 32.2. The molecule has 0 aliphatic carbocycles. The third-order valence-corrected chi connectivity index (χ3v) is 7.68. The van der Waals surface area contributed by atoms with E-state index in [-0.39, 0.29) is 34.0 Å². The number of rotatable bonds is 9. The van der Waals surface area contributed by atoms with Crippen LogP contribution in [0.4, 0.5) is 21.7 Å². The molecule has 0 amide bonds. The molecular weight excluding hydrogens is 565 g/mol. The van der Waals surface area contributed by atoms with Gasteiger partial charge in [0.2, 0.25) is 5.88 Å². The monoisotopic (exact) mass is 591 g/mol. The van der Waals surface area contributed by atoms with E-state index in [1.54, 1.807) is 18.2 Å². The molecule has 1 aromatic carbocycles. The van der Waals surface area contributed by atoms with Crippen molar-refractivity contribution in [3.05, 3.63) is 86.9 Å². The smallest absolute Gasteiger partial charge is 0.266 e. The summed E-state index contributed by atoms with van der Waals surface area (Å²) in [6.45, 7) is 3.63. The standard InChI is InChI=1S/C27H26FN9O2S2/c1-13-11-41-27-35-22(19(26(38)37(13)27)15-6-5-7-17(28)8-15)14(2)34-24-20(23(30)32-12-33-24)21(29)16-9-18(36-40-4)25(39-3)31-10-16/h5-12,14,29,36H,1-4H3,(H3,30,32,33,34)/t14-/m0/s1. The molecular formula is C27H26FN9O2S2. The molecule has 5 N–H and O–H groups in total. The zero-order valence-electron chi connectivity index (χ0n) is 22.5. The summed E-state index contributed by atoms with van der Waals surface area (Å²) in [6, 6.07) is 6.98. The van der Waals surface area contributed by atoms with Crippen molar-refractivity contribution in [3.8, 4) is 17.0 Å². The fourth-order valence-electron chi connectivity index (χ4n) is 4.43. The van der Waals surface area contributed by atoms with Gasteiger partial charge in [0.15, 0.2) is 4.96 Å².